The summed E-state index contributed by atoms with van der Waals surface area (Å²) >= 11 is 0. The second kappa shape index (κ2) is 8.70. The van der Waals surface area contributed by atoms with Crippen molar-refractivity contribution in [2.24, 2.45) is 5.92 Å². The van der Waals surface area contributed by atoms with E-state index in [0.717, 1.165) is 24.0 Å². The molecule has 0 bridgehead atoms. The van der Waals surface area contributed by atoms with Crippen LogP contribution in [0.15, 0.2) is 72.8 Å². The summed E-state index contributed by atoms with van der Waals surface area (Å²) in [6, 6.07) is 20.0. The number of hydrogen-bond acceptors (Lipinski definition) is 2. The van der Waals surface area contributed by atoms with Gasteiger partial charge in [-0.05, 0) is 36.8 Å². The fourth-order valence-electron chi connectivity index (χ4n) is 3.44. The lowest BCUT2D eigenvalue weighted by atomic mass is 9.92. The van der Waals surface area contributed by atoms with Gasteiger partial charge in [0.15, 0.2) is 0 Å². The molecule has 1 amide bonds. The number of ether oxygens (including phenoxy) is 1. The molecule has 0 aliphatic heterocycles. The van der Waals surface area contributed by atoms with Crippen LogP contribution in [-0.4, -0.2) is 17.0 Å². The molecule has 0 spiro atoms. The average molecular weight is 349 g/mol. The summed E-state index contributed by atoms with van der Waals surface area (Å²) in [6.45, 7) is 4.58. The van der Waals surface area contributed by atoms with Crippen LogP contribution in [-0.2, 0) is 11.3 Å². The maximum Gasteiger partial charge on any atom is 0.411 e. The van der Waals surface area contributed by atoms with Crippen LogP contribution in [0.2, 0.25) is 0 Å². The van der Waals surface area contributed by atoms with E-state index >= 15 is 0 Å². The molecule has 0 radical (unpaired) electrons. The van der Waals surface area contributed by atoms with Gasteiger partial charge in [0, 0.05) is 0 Å². The van der Waals surface area contributed by atoms with Crippen molar-refractivity contribution in [3.05, 3.63) is 83.9 Å². The minimum Gasteiger partial charge on any atom is -0.445 e. The highest BCUT2D eigenvalue weighted by atomic mass is 16.6. The van der Waals surface area contributed by atoms with Crippen LogP contribution >= 0.6 is 0 Å². The van der Waals surface area contributed by atoms with E-state index in [1.807, 2.05) is 53.4 Å². The van der Waals surface area contributed by atoms with Crippen molar-refractivity contribution in [3.8, 4) is 0 Å². The predicted octanol–water partition coefficient (Wildman–Crippen LogP) is 5.74. The SMILES string of the molecule is CC1C=CC(N(C(=O)OCc2ccccc2)C(C)c2ccccc2)CC1. The molecule has 136 valence electrons. The summed E-state index contributed by atoms with van der Waals surface area (Å²) in [5, 5.41) is 0. The van der Waals surface area contributed by atoms with E-state index in [1.165, 1.54) is 0 Å². The smallest absolute Gasteiger partial charge is 0.411 e. The van der Waals surface area contributed by atoms with Crippen molar-refractivity contribution in [2.45, 2.75) is 45.4 Å². The number of nitrogens with zero attached hydrogens (tertiary/aromatic N) is 1. The third-order valence-electron chi connectivity index (χ3n) is 5.05. The zero-order valence-corrected chi connectivity index (χ0v) is 15.5. The second-order valence-electron chi connectivity index (χ2n) is 7.04. The van der Waals surface area contributed by atoms with E-state index in [-0.39, 0.29) is 18.2 Å². The van der Waals surface area contributed by atoms with Crippen LogP contribution in [0.25, 0.3) is 0 Å². The molecule has 2 aromatic carbocycles. The second-order valence-corrected chi connectivity index (χ2v) is 7.04. The molecule has 0 fully saturated rings. The zero-order valence-electron chi connectivity index (χ0n) is 15.5. The molecule has 3 nitrogen and oxygen atoms in total. The molecule has 2 aromatic rings. The van der Waals surface area contributed by atoms with Crippen LogP contribution in [0, 0.1) is 5.92 Å². The highest BCUT2D eigenvalue weighted by molar-refractivity contribution is 5.69. The van der Waals surface area contributed by atoms with E-state index < -0.39 is 0 Å². The summed E-state index contributed by atoms with van der Waals surface area (Å²) in [4.78, 5) is 14.9. The highest BCUT2D eigenvalue weighted by Gasteiger charge is 2.30. The van der Waals surface area contributed by atoms with Crippen molar-refractivity contribution in [1.82, 2.24) is 4.90 Å². The Balaban J connectivity index is 1.78. The fraction of sp³-hybridized carbons (Fsp3) is 0.348. The van der Waals surface area contributed by atoms with Gasteiger partial charge in [0.2, 0.25) is 0 Å². The topological polar surface area (TPSA) is 29.5 Å². The van der Waals surface area contributed by atoms with Crippen LogP contribution in [0.4, 0.5) is 4.79 Å². The molecule has 1 aliphatic carbocycles. The van der Waals surface area contributed by atoms with Gasteiger partial charge in [-0.15, -0.1) is 0 Å². The Morgan fingerprint density at radius 2 is 1.69 bits per heavy atom. The van der Waals surface area contributed by atoms with Crippen LogP contribution in [0.5, 0.6) is 0 Å². The Morgan fingerprint density at radius 1 is 1.04 bits per heavy atom. The summed E-state index contributed by atoms with van der Waals surface area (Å²) in [7, 11) is 0. The largest absolute Gasteiger partial charge is 0.445 e. The van der Waals surface area contributed by atoms with E-state index in [1.54, 1.807) is 0 Å². The van der Waals surface area contributed by atoms with Crippen LogP contribution < -0.4 is 0 Å². The molecule has 1 aliphatic rings. The minimum atomic E-state index is -0.255. The molecule has 3 heteroatoms. The summed E-state index contributed by atoms with van der Waals surface area (Å²) in [6.07, 6.45) is 6.18. The standard InChI is InChI=1S/C23H27NO2/c1-18-13-15-22(16-14-18)24(19(2)21-11-7-4-8-12-21)23(25)26-17-20-9-5-3-6-10-20/h3-13,15,18-19,22H,14,16-17H2,1-2H3. The van der Waals surface area contributed by atoms with E-state index in [4.69, 9.17) is 4.74 Å². The number of hydrogen-bond donors (Lipinski definition) is 0. The van der Waals surface area contributed by atoms with Gasteiger partial charge in [0.25, 0.3) is 0 Å². The molecule has 0 heterocycles. The lowest BCUT2D eigenvalue weighted by Crippen LogP contribution is -2.42. The molecular formula is C23H27NO2. The Hall–Kier alpha value is -2.55. The number of amides is 1. The van der Waals surface area contributed by atoms with E-state index in [0.29, 0.717) is 12.5 Å². The van der Waals surface area contributed by atoms with Gasteiger partial charge in [-0.1, -0.05) is 79.7 Å². The van der Waals surface area contributed by atoms with Gasteiger partial charge in [0.05, 0.1) is 12.1 Å². The molecule has 3 unspecified atom stereocenters. The third-order valence-corrected chi connectivity index (χ3v) is 5.05. The number of rotatable bonds is 5. The van der Waals surface area contributed by atoms with Crippen molar-refractivity contribution in [1.29, 1.82) is 0 Å². The number of benzene rings is 2. The first-order valence-electron chi connectivity index (χ1n) is 9.37. The minimum absolute atomic E-state index is 0.0393. The van der Waals surface area contributed by atoms with Gasteiger partial charge >= 0.3 is 6.09 Å². The number of carbonyl (C=O) groups excluding carboxylic acids is 1. The lowest BCUT2D eigenvalue weighted by molar-refractivity contribution is 0.0685. The normalized spacial score (nSPS) is 20.4. The van der Waals surface area contributed by atoms with Crippen molar-refractivity contribution in [2.75, 3.05) is 0 Å². The zero-order chi connectivity index (χ0) is 18.4. The Kier molecular flexibility index (Phi) is 6.11. The maximum atomic E-state index is 13.0. The van der Waals surface area contributed by atoms with Gasteiger partial charge in [-0.2, -0.15) is 0 Å². The highest BCUT2D eigenvalue weighted by Crippen LogP contribution is 2.29. The molecular weight excluding hydrogens is 322 g/mol. The van der Waals surface area contributed by atoms with Crippen LogP contribution in [0.1, 0.15) is 43.9 Å². The van der Waals surface area contributed by atoms with E-state index in [2.05, 4.69) is 38.1 Å². The molecule has 3 rings (SSSR count). The molecule has 0 saturated carbocycles. The average Bonchev–Trinajstić information content (AvgIpc) is 2.69. The van der Waals surface area contributed by atoms with Crippen molar-refractivity contribution >= 4 is 6.09 Å². The fourth-order valence-corrected chi connectivity index (χ4v) is 3.44. The quantitative estimate of drug-likeness (QED) is 0.644. The molecule has 0 aromatic heterocycles. The van der Waals surface area contributed by atoms with Crippen molar-refractivity contribution < 1.29 is 9.53 Å². The molecule has 0 N–H and O–H groups in total. The number of allylic oxidation sites excluding steroid dienone is 1. The first-order valence-corrected chi connectivity index (χ1v) is 9.37. The van der Waals surface area contributed by atoms with E-state index in [9.17, 15) is 4.79 Å². The van der Waals surface area contributed by atoms with Crippen LogP contribution in [0.3, 0.4) is 0 Å². The van der Waals surface area contributed by atoms with Gasteiger partial charge in [0.1, 0.15) is 6.61 Å². The number of carbonyl (C=O) groups is 1. The third kappa shape index (κ3) is 4.54. The molecule has 26 heavy (non-hydrogen) atoms. The summed E-state index contributed by atoms with van der Waals surface area (Å²) < 4.78 is 5.67. The monoisotopic (exact) mass is 349 g/mol. The Morgan fingerprint density at radius 3 is 2.31 bits per heavy atom. The summed E-state index contributed by atoms with van der Waals surface area (Å²) in [5.41, 5.74) is 2.12. The lowest BCUT2D eigenvalue weighted by Gasteiger charge is -2.36. The predicted molar refractivity (Wildman–Crippen MR) is 105 cm³/mol. The van der Waals surface area contributed by atoms with Gasteiger partial charge in [-0.25, -0.2) is 4.79 Å². The first-order chi connectivity index (χ1) is 12.6. The first kappa shape index (κ1) is 18.2. The maximum absolute atomic E-state index is 13.0. The van der Waals surface area contributed by atoms with Crippen molar-refractivity contribution in [3.63, 3.8) is 0 Å². The Labute approximate surface area is 156 Å². The molecule has 3 atom stereocenters. The van der Waals surface area contributed by atoms with Gasteiger partial charge < -0.3 is 4.74 Å². The molecule has 0 saturated heterocycles. The summed E-state index contributed by atoms with van der Waals surface area (Å²) in [5.74, 6) is 0.570. The van der Waals surface area contributed by atoms with Gasteiger partial charge in [-0.3, -0.25) is 4.90 Å². The Bertz CT molecular complexity index is 726.